The van der Waals surface area contributed by atoms with Crippen molar-refractivity contribution in [3.63, 3.8) is 0 Å². The van der Waals surface area contributed by atoms with Crippen molar-refractivity contribution < 1.29 is 14.0 Å². The number of benzene rings is 1. The number of carbonyl (C=O) groups excluding carboxylic acids is 1. The number of fused-ring (bicyclic) bond motifs is 3. The van der Waals surface area contributed by atoms with E-state index in [2.05, 4.69) is 25.3 Å². The first-order valence-electron chi connectivity index (χ1n) is 10.2. The van der Waals surface area contributed by atoms with E-state index < -0.39 is 5.82 Å². The lowest BCUT2D eigenvalue weighted by atomic mass is 9.95. The van der Waals surface area contributed by atoms with Crippen LogP contribution < -0.4 is 5.32 Å². The molecule has 33 heavy (non-hydrogen) atoms. The molecule has 3 heterocycles. The third-order valence-corrected chi connectivity index (χ3v) is 6.25. The minimum absolute atomic E-state index is 0.190. The van der Waals surface area contributed by atoms with Gasteiger partial charge in [0.15, 0.2) is 5.13 Å². The molecule has 0 radical (unpaired) electrons. The van der Waals surface area contributed by atoms with E-state index in [9.17, 15) is 4.79 Å². The summed E-state index contributed by atoms with van der Waals surface area (Å²) >= 11 is 1.36. The fourth-order valence-electron chi connectivity index (χ4n) is 3.87. The summed E-state index contributed by atoms with van der Waals surface area (Å²) in [5.41, 5.74) is 5.12. The summed E-state index contributed by atoms with van der Waals surface area (Å²) in [6.07, 6.45) is 6.28. The highest BCUT2D eigenvalue weighted by atomic mass is 32.1. The second-order valence-corrected chi connectivity index (χ2v) is 8.43. The predicted molar refractivity (Wildman–Crippen MR) is 124 cm³/mol. The lowest BCUT2D eigenvalue weighted by molar-refractivity contribution is -0.114. The molecule has 166 valence electrons. The van der Waals surface area contributed by atoms with Gasteiger partial charge in [0.25, 0.3) is 0 Å². The highest BCUT2D eigenvalue weighted by Crippen LogP contribution is 2.44. The van der Waals surface area contributed by atoms with Crippen molar-refractivity contribution in [1.29, 1.82) is 0 Å². The van der Waals surface area contributed by atoms with Crippen molar-refractivity contribution in [3.05, 3.63) is 65.4 Å². The van der Waals surface area contributed by atoms with Gasteiger partial charge >= 0.3 is 0 Å². The molecule has 3 aromatic heterocycles. The molecule has 0 bridgehead atoms. The number of carbonyl (C=O) groups is 1. The molecule has 5 rings (SSSR count). The highest BCUT2D eigenvalue weighted by molar-refractivity contribution is 7.19. The third kappa shape index (κ3) is 3.89. The zero-order valence-electron chi connectivity index (χ0n) is 17.9. The van der Waals surface area contributed by atoms with Crippen LogP contribution in [0.1, 0.15) is 23.7 Å². The van der Waals surface area contributed by atoms with Gasteiger partial charge in [-0.25, -0.2) is 14.1 Å². The van der Waals surface area contributed by atoms with Gasteiger partial charge in [0.1, 0.15) is 18.6 Å². The van der Waals surface area contributed by atoms with Crippen LogP contribution in [0, 0.1) is 5.82 Å². The number of hydrogen-bond donors (Lipinski definition) is 1. The average molecular weight is 463 g/mol. The number of nitrogens with zero attached hydrogens (tertiary/aromatic N) is 5. The lowest BCUT2D eigenvalue weighted by Gasteiger charge is -2.14. The van der Waals surface area contributed by atoms with Crippen LogP contribution in [0.3, 0.4) is 0 Å². The monoisotopic (exact) mass is 462 g/mol. The predicted octanol–water partition coefficient (Wildman–Crippen LogP) is 4.23. The minimum atomic E-state index is -0.447. The molecule has 0 aliphatic heterocycles. The number of amides is 1. The molecule has 10 heteroatoms. The molecular weight excluding hydrogens is 443 g/mol. The smallest absolute Gasteiger partial charge is 0.223 e. The molecule has 1 N–H and O–H groups in total. The Hall–Kier alpha value is -3.92. The molecule has 1 amide bonds. The van der Waals surface area contributed by atoms with Gasteiger partial charge in [0.05, 0.1) is 28.2 Å². The van der Waals surface area contributed by atoms with E-state index in [-0.39, 0.29) is 5.91 Å². The first-order valence-corrected chi connectivity index (χ1v) is 11.0. The molecule has 1 aliphatic rings. The maximum atomic E-state index is 15.3. The van der Waals surface area contributed by atoms with Crippen LogP contribution in [-0.4, -0.2) is 39.0 Å². The zero-order chi connectivity index (χ0) is 22.9. The lowest BCUT2D eigenvalue weighted by Crippen LogP contribution is -2.08. The normalized spacial score (nSPS) is 12.5. The summed E-state index contributed by atoms with van der Waals surface area (Å²) in [6.45, 7) is 1.44. The van der Waals surface area contributed by atoms with E-state index >= 15 is 4.39 Å². The van der Waals surface area contributed by atoms with Gasteiger partial charge in [-0.2, -0.15) is 5.10 Å². The molecular formula is C23H19FN6O2S. The van der Waals surface area contributed by atoms with Crippen molar-refractivity contribution >= 4 is 28.6 Å². The van der Waals surface area contributed by atoms with Gasteiger partial charge < -0.3 is 10.2 Å². The Morgan fingerprint density at radius 3 is 2.94 bits per heavy atom. The Balaban J connectivity index is 1.71. The van der Waals surface area contributed by atoms with Gasteiger partial charge in [-0.3, -0.25) is 9.78 Å². The van der Waals surface area contributed by atoms with Crippen molar-refractivity contribution in [2.75, 3.05) is 12.4 Å². The van der Waals surface area contributed by atoms with Crippen LogP contribution in [0.4, 0.5) is 9.52 Å². The molecule has 0 saturated carbocycles. The van der Waals surface area contributed by atoms with Gasteiger partial charge in [-0.15, -0.1) is 0 Å². The quantitative estimate of drug-likeness (QED) is 0.354. The Morgan fingerprint density at radius 2 is 2.21 bits per heavy atom. The van der Waals surface area contributed by atoms with Gasteiger partial charge in [0, 0.05) is 30.4 Å². The van der Waals surface area contributed by atoms with Crippen molar-refractivity contribution in [2.24, 2.45) is 5.16 Å². The first-order chi connectivity index (χ1) is 16.0. The van der Waals surface area contributed by atoms with E-state index in [4.69, 9.17) is 5.10 Å². The van der Waals surface area contributed by atoms with Gasteiger partial charge in [-0.1, -0.05) is 22.6 Å². The number of oxime groups is 1. The van der Waals surface area contributed by atoms with Crippen LogP contribution in [-0.2, 0) is 22.5 Å². The molecule has 1 aliphatic carbocycles. The number of nitrogens with one attached hydrogen (secondary N) is 1. The van der Waals surface area contributed by atoms with Crippen LogP contribution in [0.25, 0.3) is 27.5 Å². The topological polar surface area (TPSA) is 94.3 Å². The number of aryl methyl sites for hydroxylation is 1. The van der Waals surface area contributed by atoms with Gasteiger partial charge in [0.2, 0.25) is 5.91 Å². The number of halogens is 1. The number of aromatic nitrogens is 4. The minimum Gasteiger partial charge on any atom is -0.399 e. The maximum absolute atomic E-state index is 15.3. The fourth-order valence-corrected chi connectivity index (χ4v) is 4.99. The largest absolute Gasteiger partial charge is 0.399 e. The van der Waals surface area contributed by atoms with E-state index in [0.717, 1.165) is 33.1 Å². The van der Waals surface area contributed by atoms with Crippen molar-refractivity contribution in [3.8, 4) is 27.5 Å². The molecule has 4 aromatic rings. The Labute approximate surface area is 192 Å². The first kappa shape index (κ1) is 21.0. The van der Waals surface area contributed by atoms with E-state index in [1.54, 1.807) is 29.2 Å². The Kier molecular flexibility index (Phi) is 5.43. The number of anilines is 1. The van der Waals surface area contributed by atoms with E-state index in [1.807, 2.05) is 12.1 Å². The second-order valence-electron chi connectivity index (χ2n) is 7.43. The molecule has 0 spiro atoms. The maximum Gasteiger partial charge on any atom is 0.223 e. The number of hydrogen-bond acceptors (Lipinski definition) is 7. The average Bonchev–Trinajstić information content (AvgIpc) is 3.38. The standard InChI is InChI=1S/C23H19FN6O2S/c1-13(31)27-23-28-18-7-6-16-20(15-4-3-9-25-12-15)29-30(21(16)22(18)33-23)19-8-5-14(10-17(19)24)11-26-32-2/h3-5,8-12H,6-7H2,1-2H3,(H,27,28,31). The molecule has 0 saturated heterocycles. The fraction of sp³-hybridized carbons (Fsp3) is 0.174. The summed E-state index contributed by atoms with van der Waals surface area (Å²) in [5.74, 6) is -0.637. The number of thiazole rings is 1. The summed E-state index contributed by atoms with van der Waals surface area (Å²) < 4.78 is 16.9. The van der Waals surface area contributed by atoms with Crippen molar-refractivity contribution in [1.82, 2.24) is 19.7 Å². The summed E-state index contributed by atoms with van der Waals surface area (Å²) in [6, 6.07) is 8.58. The van der Waals surface area contributed by atoms with Gasteiger partial charge in [-0.05, 0) is 42.7 Å². The molecule has 0 fully saturated rings. The van der Waals surface area contributed by atoms with Crippen LogP contribution in [0.2, 0.25) is 0 Å². The Morgan fingerprint density at radius 1 is 1.33 bits per heavy atom. The van der Waals surface area contributed by atoms with E-state index in [0.29, 0.717) is 29.2 Å². The molecule has 1 aromatic carbocycles. The van der Waals surface area contributed by atoms with Crippen LogP contribution in [0.5, 0.6) is 0 Å². The van der Waals surface area contributed by atoms with Crippen molar-refractivity contribution in [2.45, 2.75) is 19.8 Å². The summed E-state index contributed by atoms with van der Waals surface area (Å²) in [5, 5.41) is 11.8. The zero-order valence-corrected chi connectivity index (χ0v) is 18.7. The SMILES string of the molecule is CON=Cc1ccc(-n2nc(-c3cccnc3)c3c2-c2sc(NC(C)=O)nc2CC3)c(F)c1. The summed E-state index contributed by atoms with van der Waals surface area (Å²) in [4.78, 5) is 25.9. The van der Waals surface area contributed by atoms with Crippen LogP contribution >= 0.6 is 11.3 Å². The Bertz CT molecular complexity index is 1380. The number of pyridine rings is 1. The highest BCUT2D eigenvalue weighted by Gasteiger charge is 2.30. The summed E-state index contributed by atoms with van der Waals surface area (Å²) in [7, 11) is 1.43. The second kappa shape index (κ2) is 8.55. The third-order valence-electron chi connectivity index (χ3n) is 5.23. The molecule has 0 atom stereocenters. The molecule has 8 nitrogen and oxygen atoms in total. The van der Waals surface area contributed by atoms with Crippen LogP contribution in [0.15, 0.2) is 47.9 Å². The number of rotatable bonds is 5. The van der Waals surface area contributed by atoms with E-state index in [1.165, 1.54) is 37.7 Å². The molecule has 0 unspecified atom stereocenters.